The van der Waals surface area contributed by atoms with Crippen molar-refractivity contribution >= 4 is 28.9 Å². The van der Waals surface area contributed by atoms with Crippen LogP contribution >= 0.6 is 23.2 Å². The van der Waals surface area contributed by atoms with Crippen LogP contribution in [0.4, 0.5) is 5.69 Å². The smallest absolute Gasteiger partial charge is 0.182 e. The van der Waals surface area contributed by atoms with E-state index in [1.807, 2.05) is 31.2 Å². The van der Waals surface area contributed by atoms with Gasteiger partial charge >= 0.3 is 0 Å². The second-order valence-electron chi connectivity index (χ2n) is 4.38. The number of nitrogens with zero attached hydrogens (tertiary/aromatic N) is 1. The van der Waals surface area contributed by atoms with Gasteiger partial charge in [-0.3, -0.25) is 0 Å². The number of aryl methyl sites for hydroxylation is 1. The van der Waals surface area contributed by atoms with Gasteiger partial charge in [-0.1, -0.05) is 59.1 Å². The van der Waals surface area contributed by atoms with Crippen LogP contribution in [0.1, 0.15) is 16.7 Å². The lowest BCUT2D eigenvalue weighted by molar-refractivity contribution is 0.938. The predicted molar refractivity (Wildman–Crippen MR) is 79.3 cm³/mol. The molecule has 0 bridgehead atoms. The third-order valence-electron chi connectivity index (χ3n) is 2.97. The zero-order valence-corrected chi connectivity index (χ0v) is 11.8. The summed E-state index contributed by atoms with van der Waals surface area (Å²) in [6.45, 7) is 1.97. The average Bonchev–Trinajstić information content (AvgIpc) is 2.38. The van der Waals surface area contributed by atoms with Gasteiger partial charge in [-0.15, -0.1) is 0 Å². The van der Waals surface area contributed by atoms with Gasteiger partial charge in [-0.05, 0) is 24.6 Å². The molecule has 2 N–H and O–H groups in total. The first kappa shape index (κ1) is 13.7. The molecule has 0 amide bonds. The van der Waals surface area contributed by atoms with E-state index in [2.05, 4.69) is 6.07 Å². The van der Waals surface area contributed by atoms with E-state index in [4.69, 9.17) is 28.9 Å². The maximum absolute atomic E-state index is 9.48. The molecule has 0 aliphatic heterocycles. The van der Waals surface area contributed by atoms with Crippen LogP contribution < -0.4 is 5.73 Å². The Hall–Kier alpha value is -1.69. The van der Waals surface area contributed by atoms with Crippen molar-refractivity contribution in [3.63, 3.8) is 0 Å². The molecule has 2 rings (SSSR count). The van der Waals surface area contributed by atoms with Crippen molar-refractivity contribution in [2.75, 3.05) is 5.73 Å². The molecule has 0 spiro atoms. The Labute approximate surface area is 122 Å². The van der Waals surface area contributed by atoms with Crippen molar-refractivity contribution in [1.82, 2.24) is 0 Å². The number of anilines is 1. The molecule has 96 valence electrons. The van der Waals surface area contributed by atoms with Gasteiger partial charge in [0.25, 0.3) is 0 Å². The Balaban J connectivity index is 2.60. The van der Waals surface area contributed by atoms with E-state index in [1.54, 1.807) is 18.2 Å². The summed E-state index contributed by atoms with van der Waals surface area (Å²) in [5.41, 5.74) is 8.53. The molecule has 0 saturated carbocycles. The highest BCUT2D eigenvalue weighted by molar-refractivity contribution is 6.35. The highest BCUT2D eigenvalue weighted by Gasteiger charge is 2.33. The molecular formula is C15H12Cl2N2. The minimum atomic E-state index is -1.31. The molecule has 1 unspecified atom stereocenters. The minimum Gasteiger partial charge on any atom is -0.399 e. The number of nitrogens with two attached hydrogens (primary N) is 1. The zero-order chi connectivity index (χ0) is 14.0. The van der Waals surface area contributed by atoms with Crippen LogP contribution in [0.15, 0.2) is 42.5 Å². The zero-order valence-electron chi connectivity index (χ0n) is 10.3. The number of benzene rings is 2. The summed E-state index contributed by atoms with van der Waals surface area (Å²) in [4.78, 5) is -1.31. The highest BCUT2D eigenvalue weighted by atomic mass is 35.5. The molecule has 0 aromatic heterocycles. The maximum atomic E-state index is 9.48. The Kier molecular flexibility index (Phi) is 3.71. The van der Waals surface area contributed by atoms with E-state index < -0.39 is 4.87 Å². The molecule has 0 heterocycles. The molecule has 4 heteroatoms. The largest absolute Gasteiger partial charge is 0.399 e. The number of rotatable bonds is 2. The Morgan fingerprint density at radius 2 is 1.79 bits per heavy atom. The number of hydrogen-bond donors (Lipinski definition) is 1. The topological polar surface area (TPSA) is 49.8 Å². The first-order valence-electron chi connectivity index (χ1n) is 5.70. The summed E-state index contributed by atoms with van der Waals surface area (Å²) in [5.74, 6) is 0. The van der Waals surface area contributed by atoms with Gasteiger partial charge in [0.2, 0.25) is 0 Å². The fraction of sp³-hybridized carbons (Fsp3) is 0.133. The monoisotopic (exact) mass is 290 g/mol. The van der Waals surface area contributed by atoms with Crippen molar-refractivity contribution < 1.29 is 0 Å². The van der Waals surface area contributed by atoms with Crippen molar-refractivity contribution in [2.24, 2.45) is 0 Å². The summed E-state index contributed by atoms with van der Waals surface area (Å²) in [5, 5.41) is 9.87. The van der Waals surface area contributed by atoms with Crippen molar-refractivity contribution in [2.45, 2.75) is 11.8 Å². The van der Waals surface area contributed by atoms with Gasteiger partial charge in [-0.2, -0.15) is 5.26 Å². The SMILES string of the molecule is Cc1ccc(C(Cl)(C#N)c2ccc(N)cc2Cl)cc1. The lowest BCUT2D eigenvalue weighted by Crippen LogP contribution is -2.18. The number of hydrogen-bond acceptors (Lipinski definition) is 2. The first-order valence-corrected chi connectivity index (χ1v) is 6.46. The Morgan fingerprint density at radius 3 is 2.32 bits per heavy atom. The summed E-state index contributed by atoms with van der Waals surface area (Å²) < 4.78 is 0. The van der Waals surface area contributed by atoms with Gasteiger partial charge in [0.05, 0.1) is 6.07 Å². The van der Waals surface area contributed by atoms with E-state index in [9.17, 15) is 5.26 Å². The van der Waals surface area contributed by atoms with Crippen molar-refractivity contribution in [3.8, 4) is 6.07 Å². The predicted octanol–water partition coefficient (Wildman–Crippen LogP) is 4.24. The molecule has 1 atom stereocenters. The standard InChI is InChI=1S/C15H12Cl2N2/c1-10-2-4-11(5-3-10)15(17,9-18)13-7-6-12(19)8-14(13)16/h2-8H,19H2,1H3. The van der Waals surface area contributed by atoms with E-state index in [-0.39, 0.29) is 0 Å². The quantitative estimate of drug-likeness (QED) is 0.664. The van der Waals surface area contributed by atoms with Crippen LogP contribution in [-0.4, -0.2) is 0 Å². The highest BCUT2D eigenvalue weighted by Crippen LogP contribution is 2.40. The number of alkyl halides is 1. The van der Waals surface area contributed by atoms with Gasteiger partial charge in [0.1, 0.15) is 0 Å². The molecule has 0 radical (unpaired) electrons. The normalized spacial score (nSPS) is 13.6. The van der Waals surface area contributed by atoms with Gasteiger partial charge < -0.3 is 5.73 Å². The van der Waals surface area contributed by atoms with Crippen LogP contribution in [0.5, 0.6) is 0 Å². The van der Waals surface area contributed by atoms with E-state index in [0.717, 1.165) is 5.56 Å². The third kappa shape index (κ3) is 2.53. The third-order valence-corrected chi connectivity index (χ3v) is 3.79. The number of nitriles is 1. The van der Waals surface area contributed by atoms with E-state index >= 15 is 0 Å². The Bertz CT molecular complexity index is 644. The molecule has 0 fully saturated rings. The van der Waals surface area contributed by atoms with Gasteiger partial charge in [0.15, 0.2) is 4.87 Å². The molecule has 2 aromatic carbocycles. The summed E-state index contributed by atoms with van der Waals surface area (Å²) in [7, 11) is 0. The van der Waals surface area contributed by atoms with Gasteiger partial charge in [-0.25, -0.2) is 0 Å². The molecule has 2 nitrogen and oxygen atoms in total. The van der Waals surface area contributed by atoms with Crippen LogP contribution in [0.3, 0.4) is 0 Å². The lowest BCUT2D eigenvalue weighted by Gasteiger charge is -2.21. The Morgan fingerprint density at radius 1 is 1.16 bits per heavy atom. The minimum absolute atomic E-state index is 0.386. The van der Waals surface area contributed by atoms with E-state index in [1.165, 1.54) is 0 Å². The number of nitrogen functional groups attached to an aromatic ring is 1. The average molecular weight is 291 g/mol. The molecule has 0 saturated heterocycles. The second-order valence-corrected chi connectivity index (χ2v) is 5.35. The first-order chi connectivity index (χ1) is 8.97. The fourth-order valence-electron chi connectivity index (χ4n) is 1.87. The second kappa shape index (κ2) is 5.13. The van der Waals surface area contributed by atoms with Crippen LogP contribution in [0.25, 0.3) is 0 Å². The fourth-order valence-corrected chi connectivity index (χ4v) is 2.54. The number of halogens is 2. The lowest BCUT2D eigenvalue weighted by atomic mass is 9.91. The molecule has 0 aliphatic rings. The molecule has 2 aromatic rings. The van der Waals surface area contributed by atoms with Crippen LogP contribution in [0, 0.1) is 18.3 Å². The maximum Gasteiger partial charge on any atom is 0.182 e. The summed E-state index contributed by atoms with van der Waals surface area (Å²) in [6, 6.07) is 14.6. The van der Waals surface area contributed by atoms with Crippen LogP contribution in [0.2, 0.25) is 5.02 Å². The van der Waals surface area contributed by atoms with Crippen molar-refractivity contribution in [1.29, 1.82) is 5.26 Å². The molecule has 19 heavy (non-hydrogen) atoms. The van der Waals surface area contributed by atoms with Gasteiger partial charge in [0, 0.05) is 16.3 Å². The van der Waals surface area contributed by atoms with Crippen LogP contribution in [-0.2, 0) is 4.87 Å². The summed E-state index contributed by atoms with van der Waals surface area (Å²) >= 11 is 12.7. The van der Waals surface area contributed by atoms with E-state index in [0.29, 0.717) is 21.8 Å². The molecular weight excluding hydrogens is 279 g/mol. The molecule has 0 aliphatic carbocycles. The summed E-state index contributed by atoms with van der Waals surface area (Å²) in [6.07, 6.45) is 0. The van der Waals surface area contributed by atoms with Crippen molar-refractivity contribution in [3.05, 3.63) is 64.2 Å².